The van der Waals surface area contributed by atoms with Crippen LogP contribution in [0.2, 0.25) is 0 Å². The SMILES string of the molecule is CCOCC(COC(C)=O)N(CC(=O)OC1(N=O)CCOCC1)C(C)=O. The van der Waals surface area contributed by atoms with Gasteiger partial charge in [0.2, 0.25) is 11.6 Å². The first-order valence-corrected chi connectivity index (χ1v) is 8.46. The summed E-state index contributed by atoms with van der Waals surface area (Å²) in [5.74, 6) is -1.70. The van der Waals surface area contributed by atoms with E-state index in [1.54, 1.807) is 6.92 Å². The summed E-state index contributed by atoms with van der Waals surface area (Å²) in [6.07, 6.45) is 0.330. The minimum atomic E-state index is -1.47. The van der Waals surface area contributed by atoms with Gasteiger partial charge in [-0.1, -0.05) is 0 Å². The molecule has 1 fully saturated rings. The molecule has 0 aromatic carbocycles. The van der Waals surface area contributed by atoms with E-state index in [2.05, 4.69) is 5.18 Å². The molecule has 26 heavy (non-hydrogen) atoms. The van der Waals surface area contributed by atoms with Crippen LogP contribution in [0.3, 0.4) is 0 Å². The van der Waals surface area contributed by atoms with Crippen LogP contribution in [-0.4, -0.2) is 74.1 Å². The van der Waals surface area contributed by atoms with E-state index >= 15 is 0 Å². The summed E-state index contributed by atoms with van der Waals surface area (Å²) in [6, 6.07) is -0.654. The lowest BCUT2D eigenvalue weighted by Gasteiger charge is -2.33. The minimum Gasteiger partial charge on any atom is -0.464 e. The molecular formula is C16H26N2O8. The van der Waals surface area contributed by atoms with E-state index in [0.29, 0.717) is 6.61 Å². The number of hydrogen-bond donors (Lipinski definition) is 0. The van der Waals surface area contributed by atoms with Gasteiger partial charge in [-0.15, -0.1) is 4.91 Å². The van der Waals surface area contributed by atoms with Crippen molar-refractivity contribution >= 4 is 17.8 Å². The molecule has 1 amide bonds. The molecule has 1 rings (SSSR count). The predicted octanol–water partition coefficient (Wildman–Crippen LogP) is 0.619. The first kappa shape index (κ1) is 22.0. The molecule has 1 atom stereocenters. The molecule has 1 aliphatic heterocycles. The van der Waals surface area contributed by atoms with E-state index in [1.807, 2.05) is 0 Å². The zero-order chi connectivity index (χ0) is 19.6. The van der Waals surface area contributed by atoms with Crippen molar-refractivity contribution in [1.29, 1.82) is 0 Å². The van der Waals surface area contributed by atoms with Crippen molar-refractivity contribution in [3.63, 3.8) is 0 Å². The van der Waals surface area contributed by atoms with Crippen LogP contribution in [0.15, 0.2) is 5.18 Å². The number of nitrogens with zero attached hydrogens (tertiary/aromatic N) is 2. The van der Waals surface area contributed by atoms with Crippen molar-refractivity contribution in [1.82, 2.24) is 4.90 Å². The molecule has 10 heteroatoms. The molecule has 0 bridgehead atoms. The summed E-state index contributed by atoms with van der Waals surface area (Å²) in [4.78, 5) is 47.7. The van der Waals surface area contributed by atoms with Crippen molar-refractivity contribution < 1.29 is 33.3 Å². The number of carbonyl (C=O) groups excluding carboxylic acids is 3. The number of rotatable bonds is 10. The molecule has 1 aliphatic rings. The Morgan fingerprint density at radius 2 is 1.85 bits per heavy atom. The van der Waals surface area contributed by atoms with Gasteiger partial charge in [0.1, 0.15) is 13.2 Å². The van der Waals surface area contributed by atoms with Gasteiger partial charge >= 0.3 is 11.9 Å². The fourth-order valence-corrected chi connectivity index (χ4v) is 2.48. The fraction of sp³-hybridized carbons (Fsp3) is 0.812. The summed E-state index contributed by atoms with van der Waals surface area (Å²) >= 11 is 0. The number of ether oxygens (including phenoxy) is 4. The number of carbonyl (C=O) groups is 3. The Morgan fingerprint density at radius 1 is 1.19 bits per heavy atom. The van der Waals surface area contributed by atoms with Gasteiger partial charge in [-0.25, -0.2) is 0 Å². The van der Waals surface area contributed by atoms with Crippen molar-refractivity contribution in [2.45, 2.75) is 45.4 Å². The number of hydrogen-bond acceptors (Lipinski definition) is 9. The highest BCUT2D eigenvalue weighted by atomic mass is 16.6. The average molecular weight is 374 g/mol. The Morgan fingerprint density at radius 3 is 2.35 bits per heavy atom. The third-order valence-corrected chi connectivity index (χ3v) is 3.88. The standard InChI is InChI=1S/C16H26N2O8/c1-4-23-10-14(11-25-13(3)20)18(12(2)19)9-15(21)26-16(17-22)5-7-24-8-6-16/h14H,4-11H2,1-3H3. The molecule has 0 N–H and O–H groups in total. The molecule has 0 radical (unpaired) electrons. The lowest BCUT2D eigenvalue weighted by Crippen LogP contribution is -2.49. The van der Waals surface area contributed by atoms with E-state index in [0.717, 1.165) is 0 Å². The van der Waals surface area contributed by atoms with Crippen LogP contribution in [-0.2, 0) is 33.3 Å². The molecule has 0 aromatic heterocycles. The van der Waals surface area contributed by atoms with Crippen LogP contribution in [0.5, 0.6) is 0 Å². The van der Waals surface area contributed by atoms with Gasteiger partial charge in [0.15, 0.2) is 0 Å². The summed E-state index contributed by atoms with van der Waals surface area (Å²) in [5.41, 5.74) is -1.47. The summed E-state index contributed by atoms with van der Waals surface area (Å²) in [7, 11) is 0. The molecular weight excluding hydrogens is 348 g/mol. The quantitative estimate of drug-likeness (QED) is 0.403. The first-order chi connectivity index (χ1) is 12.3. The van der Waals surface area contributed by atoms with Gasteiger partial charge in [-0.05, 0) is 12.1 Å². The molecule has 1 saturated heterocycles. The van der Waals surface area contributed by atoms with E-state index in [-0.39, 0.29) is 39.3 Å². The Balaban J connectivity index is 2.78. The van der Waals surface area contributed by atoms with Gasteiger partial charge in [-0.2, -0.15) is 0 Å². The monoisotopic (exact) mass is 374 g/mol. The first-order valence-electron chi connectivity index (χ1n) is 8.46. The maximum absolute atomic E-state index is 12.3. The van der Waals surface area contributed by atoms with E-state index in [1.165, 1.54) is 18.7 Å². The summed E-state index contributed by atoms with van der Waals surface area (Å²) in [5, 5.41) is 2.95. The highest BCUT2D eigenvalue weighted by Crippen LogP contribution is 2.26. The van der Waals surface area contributed by atoms with Crippen LogP contribution >= 0.6 is 0 Å². The largest absolute Gasteiger partial charge is 0.464 e. The van der Waals surface area contributed by atoms with Crippen molar-refractivity contribution in [3.8, 4) is 0 Å². The van der Waals surface area contributed by atoms with Crippen LogP contribution < -0.4 is 0 Å². The molecule has 0 spiro atoms. The molecule has 1 unspecified atom stereocenters. The molecule has 0 saturated carbocycles. The molecule has 0 aliphatic carbocycles. The lowest BCUT2D eigenvalue weighted by atomic mass is 10.1. The van der Waals surface area contributed by atoms with E-state index in [4.69, 9.17) is 18.9 Å². The second-order valence-electron chi connectivity index (χ2n) is 5.89. The van der Waals surface area contributed by atoms with Gasteiger partial charge < -0.3 is 23.8 Å². The smallest absolute Gasteiger partial charge is 0.327 e. The third kappa shape index (κ3) is 7.04. The maximum Gasteiger partial charge on any atom is 0.327 e. The number of esters is 2. The Hall–Kier alpha value is -2.07. The summed E-state index contributed by atoms with van der Waals surface area (Å²) < 4.78 is 20.7. The zero-order valence-electron chi connectivity index (χ0n) is 15.4. The van der Waals surface area contributed by atoms with Crippen LogP contribution in [0.25, 0.3) is 0 Å². The van der Waals surface area contributed by atoms with E-state index in [9.17, 15) is 19.3 Å². The average Bonchev–Trinajstić information content (AvgIpc) is 2.60. The van der Waals surface area contributed by atoms with Crippen molar-refractivity contribution in [3.05, 3.63) is 4.91 Å². The Kier molecular flexibility index (Phi) is 9.14. The third-order valence-electron chi connectivity index (χ3n) is 3.88. The normalized spacial score (nSPS) is 17.0. The van der Waals surface area contributed by atoms with Crippen LogP contribution in [0, 0.1) is 4.91 Å². The van der Waals surface area contributed by atoms with Gasteiger partial charge in [0, 0.05) is 33.3 Å². The van der Waals surface area contributed by atoms with Crippen LogP contribution in [0.1, 0.15) is 33.6 Å². The van der Waals surface area contributed by atoms with Gasteiger partial charge in [0.05, 0.1) is 25.9 Å². The fourth-order valence-electron chi connectivity index (χ4n) is 2.48. The highest BCUT2D eigenvalue weighted by Gasteiger charge is 2.39. The second kappa shape index (κ2) is 10.8. The second-order valence-corrected chi connectivity index (χ2v) is 5.89. The molecule has 148 valence electrons. The predicted molar refractivity (Wildman–Crippen MR) is 89.0 cm³/mol. The van der Waals surface area contributed by atoms with Crippen molar-refractivity contribution in [2.75, 3.05) is 39.6 Å². The molecule has 0 aromatic rings. The highest BCUT2D eigenvalue weighted by molar-refractivity contribution is 5.81. The topological polar surface area (TPSA) is 121 Å². The number of amides is 1. The van der Waals surface area contributed by atoms with Crippen molar-refractivity contribution in [2.24, 2.45) is 5.18 Å². The van der Waals surface area contributed by atoms with E-state index < -0.39 is 36.2 Å². The maximum atomic E-state index is 12.3. The minimum absolute atomic E-state index is 0.0849. The van der Waals surface area contributed by atoms with Gasteiger partial charge in [-0.3, -0.25) is 14.4 Å². The lowest BCUT2D eigenvalue weighted by molar-refractivity contribution is -0.172. The number of nitroso groups, excluding NO2 is 1. The van der Waals surface area contributed by atoms with Crippen LogP contribution in [0.4, 0.5) is 0 Å². The Bertz CT molecular complexity index is 504. The zero-order valence-corrected chi connectivity index (χ0v) is 15.4. The summed E-state index contributed by atoms with van der Waals surface area (Å²) in [6.45, 7) is 4.77. The Labute approximate surface area is 152 Å². The molecule has 1 heterocycles. The van der Waals surface area contributed by atoms with Gasteiger partial charge in [0.25, 0.3) is 0 Å². The molecule has 10 nitrogen and oxygen atoms in total.